The van der Waals surface area contributed by atoms with Crippen LogP contribution in [0.25, 0.3) is 32.9 Å². The van der Waals surface area contributed by atoms with E-state index in [1.807, 2.05) is 6.33 Å². The topological polar surface area (TPSA) is 16.8 Å². The zero-order chi connectivity index (χ0) is 16.8. The van der Waals surface area contributed by atoms with Crippen LogP contribution in [-0.4, -0.2) is 4.98 Å². The molecule has 1 heterocycles. The monoisotopic (exact) mass is 313 g/mol. The Morgan fingerprint density at radius 2 is 1.58 bits per heavy atom. The van der Waals surface area contributed by atoms with Crippen molar-refractivity contribution in [2.45, 2.75) is 20.8 Å². The number of hydrogen-bond donors (Lipinski definition) is 0. The molecule has 3 aromatic carbocycles. The summed E-state index contributed by atoms with van der Waals surface area (Å²) in [4.78, 5) is 4.61. The summed E-state index contributed by atoms with van der Waals surface area (Å²) in [7, 11) is 2.07. The number of hydrogen-bond acceptors (Lipinski definition) is 1. The van der Waals surface area contributed by atoms with E-state index in [1.165, 1.54) is 44.1 Å². The zero-order valence-corrected chi connectivity index (χ0v) is 14.6. The van der Waals surface area contributed by atoms with Gasteiger partial charge in [0.15, 0.2) is 5.52 Å². The summed E-state index contributed by atoms with van der Waals surface area (Å²) in [5.74, 6) is 0. The van der Waals surface area contributed by atoms with Gasteiger partial charge in [-0.05, 0) is 71.4 Å². The molecule has 0 N–H and O–H groups in total. The smallest absolute Gasteiger partial charge is 0.232 e. The van der Waals surface area contributed by atoms with E-state index in [2.05, 4.69) is 85.9 Å². The lowest BCUT2D eigenvalue weighted by Gasteiger charge is -2.13. The molecule has 0 aliphatic heterocycles. The van der Waals surface area contributed by atoms with Crippen molar-refractivity contribution in [2.24, 2.45) is 7.05 Å². The van der Waals surface area contributed by atoms with Crippen molar-refractivity contribution >= 4 is 21.7 Å². The van der Waals surface area contributed by atoms with E-state index in [4.69, 9.17) is 0 Å². The summed E-state index contributed by atoms with van der Waals surface area (Å²) < 4.78 is 2.13. The first-order valence-electron chi connectivity index (χ1n) is 8.30. The molecule has 0 spiro atoms. The van der Waals surface area contributed by atoms with Crippen LogP contribution in [0.2, 0.25) is 0 Å². The molecule has 118 valence electrons. The van der Waals surface area contributed by atoms with Gasteiger partial charge in [0, 0.05) is 5.56 Å². The summed E-state index contributed by atoms with van der Waals surface area (Å²) in [6.07, 6.45) is 1.92. The summed E-state index contributed by atoms with van der Waals surface area (Å²) in [6, 6.07) is 17.5. The molecule has 24 heavy (non-hydrogen) atoms. The highest BCUT2D eigenvalue weighted by Crippen LogP contribution is 2.33. The fraction of sp³-hybridized carbons (Fsp3) is 0.182. The number of benzene rings is 3. The molecule has 0 aliphatic rings. The first kappa shape index (κ1) is 14.8. The highest BCUT2D eigenvalue weighted by atomic mass is 15.0. The van der Waals surface area contributed by atoms with Crippen molar-refractivity contribution in [1.82, 2.24) is 4.98 Å². The fourth-order valence-electron chi connectivity index (χ4n) is 3.63. The van der Waals surface area contributed by atoms with Crippen molar-refractivity contribution < 1.29 is 4.57 Å². The first-order chi connectivity index (χ1) is 11.6. The van der Waals surface area contributed by atoms with Crippen LogP contribution in [0.4, 0.5) is 0 Å². The maximum absolute atomic E-state index is 4.61. The second-order valence-corrected chi connectivity index (χ2v) is 6.64. The molecule has 0 radical (unpaired) electrons. The second-order valence-electron chi connectivity index (χ2n) is 6.64. The van der Waals surface area contributed by atoms with Crippen molar-refractivity contribution in [3.05, 3.63) is 71.5 Å². The van der Waals surface area contributed by atoms with Crippen molar-refractivity contribution in [3.8, 4) is 11.3 Å². The average molecular weight is 313 g/mol. The van der Waals surface area contributed by atoms with Crippen molar-refractivity contribution in [3.63, 3.8) is 0 Å². The van der Waals surface area contributed by atoms with Gasteiger partial charge in [0.2, 0.25) is 0 Å². The van der Waals surface area contributed by atoms with E-state index in [-0.39, 0.29) is 0 Å². The Labute approximate surface area is 142 Å². The molecular weight excluding hydrogens is 292 g/mol. The molecule has 0 bridgehead atoms. The molecule has 0 saturated heterocycles. The third-order valence-electron chi connectivity index (χ3n) is 4.91. The quantitative estimate of drug-likeness (QED) is 0.461. The van der Waals surface area contributed by atoms with Gasteiger partial charge >= 0.3 is 0 Å². The Morgan fingerprint density at radius 3 is 2.38 bits per heavy atom. The second kappa shape index (κ2) is 5.41. The predicted octanol–water partition coefficient (Wildman–Crippen LogP) is 4.80. The number of rotatable bonds is 1. The third-order valence-corrected chi connectivity index (χ3v) is 4.91. The summed E-state index contributed by atoms with van der Waals surface area (Å²) in [5, 5.41) is 3.85. The molecule has 4 rings (SSSR count). The van der Waals surface area contributed by atoms with Gasteiger partial charge in [0.1, 0.15) is 5.69 Å². The Hall–Kier alpha value is -2.74. The van der Waals surface area contributed by atoms with E-state index in [0.717, 1.165) is 5.52 Å². The van der Waals surface area contributed by atoms with Gasteiger partial charge in [-0.1, -0.05) is 30.3 Å². The van der Waals surface area contributed by atoms with Crippen LogP contribution in [0, 0.1) is 20.8 Å². The van der Waals surface area contributed by atoms with Crippen LogP contribution >= 0.6 is 0 Å². The molecule has 2 nitrogen and oxygen atoms in total. The molecule has 0 amide bonds. The third kappa shape index (κ3) is 2.18. The largest absolute Gasteiger partial charge is 0.287 e. The van der Waals surface area contributed by atoms with E-state index >= 15 is 0 Å². The zero-order valence-electron chi connectivity index (χ0n) is 14.6. The highest BCUT2D eigenvalue weighted by Gasteiger charge is 2.18. The SMILES string of the molecule is Cc1ccc2c(-c3cc(C)c4ccccc4c3C)[n+](C)cnc2c1. The van der Waals surface area contributed by atoms with Crippen LogP contribution in [-0.2, 0) is 7.05 Å². The highest BCUT2D eigenvalue weighted by molar-refractivity contribution is 5.98. The van der Waals surface area contributed by atoms with Crippen LogP contribution in [0.1, 0.15) is 16.7 Å². The van der Waals surface area contributed by atoms with E-state index in [1.54, 1.807) is 0 Å². The molecule has 4 aromatic rings. The van der Waals surface area contributed by atoms with Crippen LogP contribution in [0.15, 0.2) is 54.9 Å². The van der Waals surface area contributed by atoms with Gasteiger partial charge in [0.25, 0.3) is 6.33 Å². The van der Waals surface area contributed by atoms with Crippen LogP contribution in [0.3, 0.4) is 0 Å². The van der Waals surface area contributed by atoms with E-state index in [0.29, 0.717) is 0 Å². The molecule has 1 aromatic heterocycles. The molecule has 2 heteroatoms. The summed E-state index contributed by atoms with van der Waals surface area (Å²) >= 11 is 0. The lowest BCUT2D eigenvalue weighted by Crippen LogP contribution is -2.31. The van der Waals surface area contributed by atoms with Gasteiger partial charge in [-0.25, -0.2) is 4.57 Å². The average Bonchev–Trinajstić information content (AvgIpc) is 2.59. The molecule has 0 fully saturated rings. The predicted molar refractivity (Wildman–Crippen MR) is 100 cm³/mol. The Kier molecular flexibility index (Phi) is 3.34. The standard InChI is InChI=1S/C22H21N2/c1-14-9-10-19-21(11-14)23-13-24(4)22(19)20-12-15(2)17-7-5-6-8-18(17)16(20)3/h5-13H,1-4H3/q+1. The minimum atomic E-state index is 1.05. The summed E-state index contributed by atoms with van der Waals surface area (Å²) in [5.41, 5.74) is 7.42. The molecular formula is C22H21N2+. The molecule has 0 aliphatic carbocycles. The van der Waals surface area contributed by atoms with Crippen molar-refractivity contribution in [2.75, 3.05) is 0 Å². The normalized spacial score (nSPS) is 11.3. The first-order valence-corrected chi connectivity index (χ1v) is 8.30. The molecule has 0 atom stereocenters. The maximum Gasteiger partial charge on any atom is 0.287 e. The lowest BCUT2D eigenvalue weighted by molar-refractivity contribution is -0.662. The Balaban J connectivity index is 2.14. The number of aryl methyl sites for hydroxylation is 4. The maximum atomic E-state index is 4.61. The Morgan fingerprint density at radius 1 is 0.833 bits per heavy atom. The molecule has 0 unspecified atom stereocenters. The van der Waals surface area contributed by atoms with Gasteiger partial charge in [-0.3, -0.25) is 0 Å². The van der Waals surface area contributed by atoms with Crippen LogP contribution < -0.4 is 4.57 Å². The molecule has 0 saturated carbocycles. The fourth-order valence-corrected chi connectivity index (χ4v) is 3.63. The van der Waals surface area contributed by atoms with Gasteiger partial charge in [0.05, 0.1) is 12.4 Å². The van der Waals surface area contributed by atoms with E-state index in [9.17, 15) is 0 Å². The number of nitrogens with zero attached hydrogens (tertiary/aromatic N) is 2. The van der Waals surface area contributed by atoms with Gasteiger partial charge in [-0.2, -0.15) is 0 Å². The summed E-state index contributed by atoms with van der Waals surface area (Å²) in [6.45, 7) is 6.52. The van der Waals surface area contributed by atoms with Gasteiger partial charge < -0.3 is 0 Å². The van der Waals surface area contributed by atoms with Gasteiger partial charge in [-0.15, -0.1) is 0 Å². The number of aromatic nitrogens is 2. The Bertz CT molecular complexity index is 1090. The lowest BCUT2D eigenvalue weighted by atomic mass is 9.92. The van der Waals surface area contributed by atoms with Crippen molar-refractivity contribution in [1.29, 1.82) is 0 Å². The minimum absolute atomic E-state index is 1.05. The number of fused-ring (bicyclic) bond motifs is 2. The van der Waals surface area contributed by atoms with E-state index < -0.39 is 0 Å². The van der Waals surface area contributed by atoms with Crippen LogP contribution in [0.5, 0.6) is 0 Å². The minimum Gasteiger partial charge on any atom is -0.232 e.